The Balaban J connectivity index is 1.22. The molecule has 3 aliphatic rings. The number of nitrogens with one attached hydrogen (secondary N) is 3. The van der Waals surface area contributed by atoms with Crippen LogP contribution >= 0.6 is 23.2 Å². The minimum Gasteiger partial charge on any atom is -0.382 e. The van der Waals surface area contributed by atoms with E-state index in [-0.39, 0.29) is 16.6 Å². The maximum Gasteiger partial charge on any atom is 0.158 e. The van der Waals surface area contributed by atoms with Gasteiger partial charge in [0.25, 0.3) is 0 Å². The fraction of sp³-hybridized carbons (Fsp3) is 0.300. The Kier molecular flexibility index (Phi) is 3.92. The minimum atomic E-state index is -0.487. The Morgan fingerprint density at radius 2 is 2.00 bits per heavy atom. The van der Waals surface area contributed by atoms with E-state index in [1.165, 1.54) is 17.7 Å². The molecule has 0 saturated heterocycles. The van der Waals surface area contributed by atoms with Gasteiger partial charge in [0.2, 0.25) is 0 Å². The number of benzene rings is 2. The van der Waals surface area contributed by atoms with Gasteiger partial charge in [-0.05, 0) is 61.6 Å². The van der Waals surface area contributed by atoms with E-state index in [9.17, 15) is 4.39 Å². The third-order valence-corrected chi connectivity index (χ3v) is 6.21. The van der Waals surface area contributed by atoms with Gasteiger partial charge in [0.1, 0.15) is 5.82 Å². The summed E-state index contributed by atoms with van der Waals surface area (Å²) in [5.74, 6) is -0.0755. The van der Waals surface area contributed by atoms with Gasteiger partial charge in [0.05, 0.1) is 22.6 Å². The first-order valence-electron chi connectivity index (χ1n) is 8.95. The summed E-state index contributed by atoms with van der Waals surface area (Å²) in [6.45, 7) is 0. The van der Waals surface area contributed by atoms with Crippen LogP contribution in [0.1, 0.15) is 25.7 Å². The van der Waals surface area contributed by atoms with Crippen LogP contribution in [0.25, 0.3) is 0 Å². The van der Waals surface area contributed by atoms with Crippen molar-refractivity contribution in [1.82, 2.24) is 5.48 Å². The molecule has 2 aromatic rings. The van der Waals surface area contributed by atoms with Gasteiger partial charge < -0.3 is 15.5 Å². The normalized spacial score (nSPS) is 24.8. The summed E-state index contributed by atoms with van der Waals surface area (Å²) in [5.41, 5.74) is 7.93. The van der Waals surface area contributed by atoms with E-state index in [1.54, 1.807) is 6.07 Å². The molecule has 2 aromatic carbocycles. The van der Waals surface area contributed by atoms with E-state index in [4.69, 9.17) is 28.0 Å². The Hall–Kier alpha value is -2.11. The highest BCUT2D eigenvalue weighted by molar-refractivity contribution is 6.31. The topological polar surface area (TPSA) is 45.3 Å². The molecular formula is C20H18Cl2FN3O. The second kappa shape index (κ2) is 6.21. The molecule has 4 nitrogen and oxygen atoms in total. The zero-order valence-electron chi connectivity index (χ0n) is 14.4. The van der Waals surface area contributed by atoms with E-state index in [1.807, 2.05) is 18.2 Å². The lowest BCUT2D eigenvalue weighted by atomic mass is 9.97. The third-order valence-electron chi connectivity index (χ3n) is 5.67. The third kappa shape index (κ3) is 3.09. The van der Waals surface area contributed by atoms with Gasteiger partial charge in [-0.1, -0.05) is 23.2 Å². The molecule has 0 bridgehead atoms. The Bertz CT molecular complexity index is 964. The molecule has 1 heterocycles. The Morgan fingerprint density at radius 3 is 2.81 bits per heavy atom. The largest absolute Gasteiger partial charge is 0.382 e. The van der Waals surface area contributed by atoms with Gasteiger partial charge in [-0.2, -0.15) is 0 Å². The number of hydrogen-bond acceptors (Lipinski definition) is 4. The molecular weight excluding hydrogens is 388 g/mol. The first kappa shape index (κ1) is 17.0. The molecule has 27 heavy (non-hydrogen) atoms. The predicted molar refractivity (Wildman–Crippen MR) is 106 cm³/mol. The van der Waals surface area contributed by atoms with E-state index < -0.39 is 5.82 Å². The summed E-state index contributed by atoms with van der Waals surface area (Å²) in [7, 11) is 0. The van der Waals surface area contributed by atoms with Crippen molar-refractivity contribution in [2.45, 2.75) is 31.8 Å². The Morgan fingerprint density at radius 1 is 1.15 bits per heavy atom. The second-order valence-electron chi connectivity index (χ2n) is 7.43. The average molecular weight is 406 g/mol. The maximum absolute atomic E-state index is 13.5. The summed E-state index contributed by atoms with van der Waals surface area (Å²) >= 11 is 11.8. The van der Waals surface area contributed by atoms with Gasteiger partial charge in [-0.3, -0.25) is 0 Å². The number of hydroxylamine groups is 1. The summed E-state index contributed by atoms with van der Waals surface area (Å²) in [6, 6.07) is 10.3. The van der Waals surface area contributed by atoms with Gasteiger partial charge >= 0.3 is 0 Å². The predicted octanol–water partition coefficient (Wildman–Crippen LogP) is 5.71. The van der Waals surface area contributed by atoms with Crippen molar-refractivity contribution in [3.63, 3.8) is 0 Å². The van der Waals surface area contributed by atoms with Crippen molar-refractivity contribution in [2.75, 3.05) is 10.6 Å². The van der Waals surface area contributed by atoms with Crippen LogP contribution in [-0.2, 0) is 0 Å². The van der Waals surface area contributed by atoms with Crippen LogP contribution in [-0.4, -0.2) is 6.17 Å². The molecule has 0 spiro atoms. The molecule has 0 radical (unpaired) electrons. The number of rotatable bonds is 5. The SMILES string of the molecule is Fc1cc(ONC2=C3CC3(CC3Nc4ccc(Cl)cc4N3)CC2)ccc1Cl. The van der Waals surface area contributed by atoms with Gasteiger partial charge in [-0.15, -0.1) is 0 Å². The molecule has 0 amide bonds. The molecule has 3 N–H and O–H groups in total. The molecule has 5 rings (SSSR count). The number of anilines is 2. The molecule has 140 valence electrons. The lowest BCUT2D eigenvalue weighted by molar-refractivity contribution is 0.224. The second-order valence-corrected chi connectivity index (χ2v) is 8.27. The minimum absolute atomic E-state index is 0.0882. The molecule has 2 aliphatic carbocycles. The monoisotopic (exact) mass is 405 g/mol. The van der Waals surface area contributed by atoms with Crippen molar-refractivity contribution < 1.29 is 9.23 Å². The highest BCUT2D eigenvalue weighted by Gasteiger charge is 2.55. The fourth-order valence-electron chi connectivity index (χ4n) is 4.21. The molecule has 2 unspecified atom stereocenters. The quantitative estimate of drug-likeness (QED) is 0.557. The summed E-state index contributed by atoms with van der Waals surface area (Å²) in [5, 5.41) is 7.86. The van der Waals surface area contributed by atoms with E-state index >= 15 is 0 Å². The highest BCUT2D eigenvalue weighted by atomic mass is 35.5. The smallest absolute Gasteiger partial charge is 0.158 e. The zero-order chi connectivity index (χ0) is 18.6. The van der Waals surface area contributed by atoms with Gasteiger partial charge in [0, 0.05) is 22.2 Å². The van der Waals surface area contributed by atoms with Crippen molar-refractivity contribution >= 4 is 34.6 Å². The fourth-order valence-corrected chi connectivity index (χ4v) is 4.50. The number of hydrogen-bond donors (Lipinski definition) is 3. The summed E-state index contributed by atoms with van der Waals surface area (Å²) < 4.78 is 13.5. The maximum atomic E-state index is 13.5. The molecule has 0 aromatic heterocycles. The van der Waals surface area contributed by atoms with E-state index in [0.717, 1.165) is 47.8 Å². The molecule has 7 heteroatoms. The number of allylic oxidation sites excluding steroid dienone is 2. The molecule has 1 aliphatic heterocycles. The van der Waals surface area contributed by atoms with Crippen molar-refractivity contribution in [2.24, 2.45) is 5.41 Å². The summed E-state index contributed by atoms with van der Waals surface area (Å²) in [6.07, 6.45) is 4.32. The highest BCUT2D eigenvalue weighted by Crippen LogP contribution is 2.65. The van der Waals surface area contributed by atoms with Crippen LogP contribution in [0.3, 0.4) is 0 Å². The van der Waals surface area contributed by atoms with Crippen LogP contribution in [0.15, 0.2) is 47.7 Å². The van der Waals surface area contributed by atoms with Crippen LogP contribution in [0, 0.1) is 11.2 Å². The van der Waals surface area contributed by atoms with Gasteiger partial charge in [-0.25, -0.2) is 9.87 Å². The zero-order valence-corrected chi connectivity index (χ0v) is 15.9. The first-order chi connectivity index (χ1) is 13.0. The van der Waals surface area contributed by atoms with Crippen LogP contribution in [0.4, 0.5) is 15.8 Å². The van der Waals surface area contributed by atoms with E-state index in [0.29, 0.717) is 5.75 Å². The van der Waals surface area contributed by atoms with Crippen molar-refractivity contribution in [1.29, 1.82) is 0 Å². The standard InChI is InChI=1S/C20H18Cl2FN3O/c21-11-1-4-17-18(7-11)25-19(24-17)10-20-6-5-16(13(20)9-20)26-27-12-2-3-14(22)15(23)8-12/h1-4,7-8,19,24-26H,5-6,9-10H2. The van der Waals surface area contributed by atoms with Gasteiger partial charge in [0.15, 0.2) is 5.75 Å². The van der Waals surface area contributed by atoms with Crippen LogP contribution in [0.5, 0.6) is 5.75 Å². The van der Waals surface area contributed by atoms with Crippen LogP contribution in [0.2, 0.25) is 10.0 Å². The molecule has 1 fully saturated rings. The Labute approximate surface area is 166 Å². The van der Waals surface area contributed by atoms with Crippen LogP contribution < -0.4 is 21.0 Å². The van der Waals surface area contributed by atoms with Crippen molar-refractivity contribution in [3.8, 4) is 5.75 Å². The molecule has 1 saturated carbocycles. The average Bonchev–Trinajstić information content (AvgIpc) is 3.03. The van der Waals surface area contributed by atoms with E-state index in [2.05, 4.69) is 16.1 Å². The van der Waals surface area contributed by atoms with Crippen molar-refractivity contribution in [3.05, 3.63) is 63.5 Å². The lowest BCUT2D eigenvalue weighted by Crippen LogP contribution is -2.25. The first-order valence-corrected chi connectivity index (χ1v) is 9.71. The number of halogens is 3. The lowest BCUT2D eigenvalue weighted by Gasteiger charge is -2.18. The number of fused-ring (bicyclic) bond motifs is 2. The molecule has 2 atom stereocenters. The summed E-state index contributed by atoms with van der Waals surface area (Å²) in [4.78, 5) is 5.55.